The summed E-state index contributed by atoms with van der Waals surface area (Å²) < 4.78 is 26.8. The lowest BCUT2D eigenvalue weighted by Gasteiger charge is -2.22. The van der Waals surface area contributed by atoms with Gasteiger partial charge in [-0.1, -0.05) is 17.7 Å². The van der Waals surface area contributed by atoms with E-state index in [1.165, 1.54) is 12.1 Å². The summed E-state index contributed by atoms with van der Waals surface area (Å²) >= 11 is 0. The van der Waals surface area contributed by atoms with Crippen molar-refractivity contribution in [2.45, 2.75) is 50.2 Å². The molecule has 1 rings (SSSR count). The summed E-state index contributed by atoms with van der Waals surface area (Å²) in [6, 6.07) is 5.90. The SMILES string of the molecule is Cc1ccc(S(=O)(=O)N[C@H](CO)CCC(C)(C)O)cc1. The fraction of sp³-hybridized carbons (Fsp3) is 0.571. The van der Waals surface area contributed by atoms with Crippen molar-refractivity contribution in [2.24, 2.45) is 0 Å². The van der Waals surface area contributed by atoms with Gasteiger partial charge in [-0.05, 0) is 45.7 Å². The summed E-state index contributed by atoms with van der Waals surface area (Å²) in [4.78, 5) is 0.171. The Morgan fingerprint density at radius 2 is 1.80 bits per heavy atom. The summed E-state index contributed by atoms with van der Waals surface area (Å²) in [5.74, 6) is 0. The molecule has 114 valence electrons. The highest BCUT2D eigenvalue weighted by Crippen LogP contribution is 2.15. The van der Waals surface area contributed by atoms with Gasteiger partial charge in [0.15, 0.2) is 0 Å². The second-order valence-corrected chi connectivity index (χ2v) is 7.38. The van der Waals surface area contributed by atoms with E-state index >= 15 is 0 Å². The molecule has 0 radical (unpaired) electrons. The summed E-state index contributed by atoms with van der Waals surface area (Å²) in [6.45, 7) is 4.87. The molecule has 1 aromatic rings. The third-order valence-electron chi connectivity index (χ3n) is 2.98. The van der Waals surface area contributed by atoms with Crippen molar-refractivity contribution < 1.29 is 18.6 Å². The Hall–Kier alpha value is -0.950. The largest absolute Gasteiger partial charge is 0.395 e. The van der Waals surface area contributed by atoms with Crippen molar-refractivity contribution in [3.8, 4) is 0 Å². The summed E-state index contributed by atoms with van der Waals surface area (Å²) in [5.41, 5.74) is 0.0904. The van der Waals surface area contributed by atoms with Gasteiger partial charge in [-0.15, -0.1) is 0 Å². The van der Waals surface area contributed by atoms with Crippen molar-refractivity contribution in [2.75, 3.05) is 6.61 Å². The first kappa shape index (κ1) is 17.1. The van der Waals surface area contributed by atoms with Gasteiger partial charge in [0, 0.05) is 6.04 Å². The molecule has 1 atom stereocenters. The molecule has 0 unspecified atom stereocenters. The minimum atomic E-state index is -3.65. The minimum absolute atomic E-state index is 0.171. The average molecular weight is 301 g/mol. The number of nitrogens with one attached hydrogen (secondary N) is 1. The molecule has 0 saturated heterocycles. The Morgan fingerprint density at radius 3 is 2.25 bits per heavy atom. The lowest BCUT2D eigenvalue weighted by molar-refractivity contribution is 0.0636. The van der Waals surface area contributed by atoms with Crippen molar-refractivity contribution in [1.29, 1.82) is 0 Å². The number of hydrogen-bond acceptors (Lipinski definition) is 4. The number of aliphatic hydroxyl groups is 2. The van der Waals surface area contributed by atoms with Crippen LogP contribution in [0.2, 0.25) is 0 Å². The summed E-state index contributed by atoms with van der Waals surface area (Å²) in [6.07, 6.45) is 0.764. The first-order valence-electron chi connectivity index (χ1n) is 6.56. The van der Waals surface area contributed by atoms with Crippen LogP contribution in [-0.4, -0.2) is 36.9 Å². The monoisotopic (exact) mass is 301 g/mol. The lowest BCUT2D eigenvalue weighted by Crippen LogP contribution is -2.38. The molecule has 0 heterocycles. The van der Waals surface area contributed by atoms with Crippen LogP contribution in [0.5, 0.6) is 0 Å². The number of hydrogen-bond donors (Lipinski definition) is 3. The first-order chi connectivity index (χ1) is 9.14. The highest BCUT2D eigenvalue weighted by atomic mass is 32.2. The smallest absolute Gasteiger partial charge is 0.240 e. The second kappa shape index (κ2) is 6.67. The highest BCUT2D eigenvalue weighted by Gasteiger charge is 2.22. The van der Waals surface area contributed by atoms with Gasteiger partial charge in [-0.3, -0.25) is 0 Å². The van der Waals surface area contributed by atoms with E-state index in [1.807, 2.05) is 6.92 Å². The van der Waals surface area contributed by atoms with Gasteiger partial charge >= 0.3 is 0 Å². The lowest BCUT2D eigenvalue weighted by atomic mass is 10.00. The zero-order valence-electron chi connectivity index (χ0n) is 12.1. The molecule has 0 saturated carbocycles. The Kier molecular flexibility index (Phi) is 5.70. The van der Waals surface area contributed by atoms with Gasteiger partial charge < -0.3 is 10.2 Å². The zero-order valence-corrected chi connectivity index (χ0v) is 12.9. The maximum atomic E-state index is 12.2. The van der Waals surface area contributed by atoms with Crippen molar-refractivity contribution in [3.63, 3.8) is 0 Å². The van der Waals surface area contributed by atoms with Gasteiger partial charge in [-0.25, -0.2) is 13.1 Å². The molecule has 0 aliphatic carbocycles. The molecule has 0 amide bonds. The fourth-order valence-corrected chi connectivity index (χ4v) is 2.98. The topological polar surface area (TPSA) is 86.6 Å². The van der Waals surface area contributed by atoms with E-state index in [4.69, 9.17) is 0 Å². The average Bonchev–Trinajstić information content (AvgIpc) is 2.34. The van der Waals surface area contributed by atoms with E-state index in [2.05, 4.69) is 4.72 Å². The Bertz CT molecular complexity index is 517. The molecular weight excluding hydrogens is 278 g/mol. The van der Waals surface area contributed by atoms with Crippen LogP contribution < -0.4 is 4.72 Å². The number of rotatable bonds is 7. The van der Waals surface area contributed by atoms with E-state index in [0.29, 0.717) is 12.8 Å². The molecule has 20 heavy (non-hydrogen) atoms. The maximum Gasteiger partial charge on any atom is 0.240 e. The van der Waals surface area contributed by atoms with E-state index in [0.717, 1.165) is 5.56 Å². The molecule has 6 heteroatoms. The molecule has 3 N–H and O–H groups in total. The highest BCUT2D eigenvalue weighted by molar-refractivity contribution is 7.89. The van der Waals surface area contributed by atoms with Gasteiger partial charge in [0.25, 0.3) is 0 Å². The molecule has 0 spiro atoms. The molecule has 0 fully saturated rings. The van der Waals surface area contributed by atoms with Gasteiger partial charge in [-0.2, -0.15) is 0 Å². The molecule has 0 aliphatic heterocycles. The van der Waals surface area contributed by atoms with Crippen molar-refractivity contribution in [1.82, 2.24) is 4.72 Å². The van der Waals surface area contributed by atoms with Crippen LogP contribution in [0.15, 0.2) is 29.2 Å². The number of benzene rings is 1. The predicted octanol–water partition coefficient (Wildman–Crippen LogP) is 1.19. The standard InChI is InChI=1S/C14H23NO4S/c1-11-4-6-13(7-5-11)20(18,19)15-12(10-16)8-9-14(2,3)17/h4-7,12,15-17H,8-10H2,1-3H3/t12-/m0/s1. The Labute approximate surface area is 120 Å². The van der Waals surface area contributed by atoms with Crippen LogP contribution >= 0.6 is 0 Å². The molecule has 5 nitrogen and oxygen atoms in total. The Balaban J connectivity index is 2.75. The predicted molar refractivity (Wildman–Crippen MR) is 77.9 cm³/mol. The zero-order chi connectivity index (χ0) is 15.4. The van der Waals surface area contributed by atoms with Crippen LogP contribution in [0.1, 0.15) is 32.3 Å². The van der Waals surface area contributed by atoms with Gasteiger partial charge in [0.05, 0.1) is 17.1 Å². The molecule has 0 bridgehead atoms. The van der Waals surface area contributed by atoms with Crippen LogP contribution in [0, 0.1) is 6.92 Å². The molecular formula is C14H23NO4S. The van der Waals surface area contributed by atoms with E-state index in [-0.39, 0.29) is 11.5 Å². The third-order valence-corrected chi connectivity index (χ3v) is 4.51. The van der Waals surface area contributed by atoms with Crippen molar-refractivity contribution >= 4 is 10.0 Å². The molecule has 1 aromatic carbocycles. The number of aryl methyl sites for hydroxylation is 1. The Morgan fingerprint density at radius 1 is 1.25 bits per heavy atom. The first-order valence-corrected chi connectivity index (χ1v) is 8.04. The maximum absolute atomic E-state index is 12.2. The van der Waals surface area contributed by atoms with E-state index in [1.54, 1.807) is 26.0 Å². The van der Waals surface area contributed by atoms with Crippen LogP contribution in [-0.2, 0) is 10.0 Å². The normalized spacial score (nSPS) is 14.2. The summed E-state index contributed by atoms with van der Waals surface area (Å²) in [5, 5.41) is 18.9. The number of aliphatic hydroxyl groups excluding tert-OH is 1. The van der Waals surface area contributed by atoms with Crippen LogP contribution in [0.25, 0.3) is 0 Å². The van der Waals surface area contributed by atoms with E-state index in [9.17, 15) is 18.6 Å². The van der Waals surface area contributed by atoms with Crippen molar-refractivity contribution in [3.05, 3.63) is 29.8 Å². The minimum Gasteiger partial charge on any atom is -0.395 e. The summed E-state index contributed by atoms with van der Waals surface area (Å²) in [7, 11) is -3.65. The quantitative estimate of drug-likeness (QED) is 0.706. The molecule has 0 aromatic heterocycles. The van der Waals surface area contributed by atoms with Crippen LogP contribution in [0.4, 0.5) is 0 Å². The molecule has 0 aliphatic rings. The van der Waals surface area contributed by atoms with Gasteiger partial charge in [0.2, 0.25) is 10.0 Å². The third kappa shape index (κ3) is 5.58. The number of sulfonamides is 1. The van der Waals surface area contributed by atoms with Gasteiger partial charge in [0.1, 0.15) is 0 Å². The van der Waals surface area contributed by atoms with E-state index < -0.39 is 21.7 Å². The van der Waals surface area contributed by atoms with Crippen LogP contribution in [0.3, 0.4) is 0 Å². The fourth-order valence-electron chi connectivity index (χ4n) is 1.72. The second-order valence-electron chi connectivity index (χ2n) is 5.66.